The minimum absolute atomic E-state index is 0.0907. The Kier molecular flexibility index (Phi) is 9.46. The van der Waals surface area contributed by atoms with Crippen LogP contribution in [0.5, 0.6) is 0 Å². The SMILES string of the molecule is CCCCCC(=O)OCCNCC(O)O. The molecule has 0 amide bonds. The number of carbonyl (C=O) groups excluding carboxylic acids is 1. The molecule has 0 aliphatic heterocycles. The van der Waals surface area contributed by atoms with E-state index in [4.69, 9.17) is 14.9 Å². The van der Waals surface area contributed by atoms with E-state index in [2.05, 4.69) is 12.2 Å². The molecule has 0 fully saturated rings. The molecule has 0 bridgehead atoms. The van der Waals surface area contributed by atoms with Gasteiger partial charge >= 0.3 is 5.97 Å². The fraction of sp³-hybridized carbons (Fsp3) is 0.900. The molecule has 0 saturated carbocycles. The highest BCUT2D eigenvalue weighted by molar-refractivity contribution is 5.69. The van der Waals surface area contributed by atoms with Crippen molar-refractivity contribution in [2.24, 2.45) is 0 Å². The van der Waals surface area contributed by atoms with E-state index in [1.165, 1.54) is 0 Å². The van der Waals surface area contributed by atoms with E-state index >= 15 is 0 Å². The van der Waals surface area contributed by atoms with Gasteiger partial charge in [0.05, 0.1) is 0 Å². The summed E-state index contributed by atoms with van der Waals surface area (Å²) in [6.07, 6.45) is 2.12. The Morgan fingerprint density at radius 3 is 2.73 bits per heavy atom. The van der Waals surface area contributed by atoms with Gasteiger partial charge in [-0.05, 0) is 6.42 Å². The molecule has 0 unspecified atom stereocenters. The smallest absolute Gasteiger partial charge is 0.305 e. The maximum Gasteiger partial charge on any atom is 0.305 e. The molecule has 0 aliphatic rings. The van der Waals surface area contributed by atoms with Gasteiger partial charge in [-0.3, -0.25) is 4.79 Å². The van der Waals surface area contributed by atoms with Crippen LogP contribution in [0.25, 0.3) is 0 Å². The van der Waals surface area contributed by atoms with Crippen LogP contribution >= 0.6 is 0 Å². The van der Waals surface area contributed by atoms with Gasteiger partial charge < -0.3 is 20.3 Å². The molecule has 0 spiro atoms. The van der Waals surface area contributed by atoms with Crippen LogP contribution in [0.1, 0.15) is 32.6 Å². The number of rotatable bonds is 9. The molecule has 0 aromatic rings. The molecule has 0 saturated heterocycles. The molecule has 0 atom stereocenters. The molecule has 0 rings (SSSR count). The maximum atomic E-state index is 11.1. The predicted octanol–water partition coefficient (Wildman–Crippen LogP) is 0.0102. The lowest BCUT2D eigenvalue weighted by Gasteiger charge is -2.07. The van der Waals surface area contributed by atoms with Crippen LogP contribution in [0.4, 0.5) is 0 Å². The van der Waals surface area contributed by atoms with E-state index < -0.39 is 6.29 Å². The number of ether oxygens (including phenoxy) is 1. The molecule has 0 aliphatic carbocycles. The second-order valence-corrected chi connectivity index (χ2v) is 3.36. The summed E-state index contributed by atoms with van der Waals surface area (Å²) in [6, 6.07) is 0. The van der Waals surface area contributed by atoms with Gasteiger partial charge in [-0.25, -0.2) is 0 Å². The van der Waals surface area contributed by atoms with Gasteiger partial charge in [-0.1, -0.05) is 19.8 Å². The molecule has 0 heterocycles. The number of hydrogen-bond acceptors (Lipinski definition) is 5. The van der Waals surface area contributed by atoms with Gasteiger partial charge in [0, 0.05) is 19.5 Å². The van der Waals surface area contributed by atoms with Crippen LogP contribution in [-0.4, -0.2) is 42.2 Å². The highest BCUT2D eigenvalue weighted by atomic mass is 16.5. The monoisotopic (exact) mass is 219 g/mol. The molecule has 0 aromatic heterocycles. The number of aliphatic hydroxyl groups is 2. The zero-order chi connectivity index (χ0) is 11.5. The van der Waals surface area contributed by atoms with E-state index in [-0.39, 0.29) is 19.1 Å². The first-order chi connectivity index (χ1) is 7.16. The van der Waals surface area contributed by atoms with Gasteiger partial charge in [0.15, 0.2) is 6.29 Å². The summed E-state index contributed by atoms with van der Waals surface area (Å²) in [5, 5.41) is 19.7. The van der Waals surface area contributed by atoms with Crippen molar-refractivity contribution in [3.05, 3.63) is 0 Å². The topological polar surface area (TPSA) is 78.8 Å². The molecule has 5 nitrogen and oxygen atoms in total. The van der Waals surface area contributed by atoms with Crippen LogP contribution < -0.4 is 5.32 Å². The average molecular weight is 219 g/mol. The Morgan fingerprint density at radius 1 is 1.40 bits per heavy atom. The van der Waals surface area contributed by atoms with Crippen LogP contribution in [0.3, 0.4) is 0 Å². The van der Waals surface area contributed by atoms with Crippen molar-refractivity contribution in [3.8, 4) is 0 Å². The highest BCUT2D eigenvalue weighted by Gasteiger charge is 2.01. The third-order valence-corrected chi connectivity index (χ3v) is 1.85. The third-order valence-electron chi connectivity index (χ3n) is 1.85. The molecular formula is C10H21NO4. The zero-order valence-electron chi connectivity index (χ0n) is 9.24. The standard InChI is InChI=1S/C10H21NO4/c1-2-3-4-5-10(14)15-7-6-11-8-9(12)13/h9,11-13H,2-8H2,1H3. The van der Waals surface area contributed by atoms with Gasteiger partial charge in [0.25, 0.3) is 0 Å². The van der Waals surface area contributed by atoms with Gasteiger partial charge in [0.2, 0.25) is 0 Å². The average Bonchev–Trinajstić information content (AvgIpc) is 2.17. The largest absolute Gasteiger partial charge is 0.464 e. The fourth-order valence-corrected chi connectivity index (χ4v) is 1.06. The number of hydrogen-bond donors (Lipinski definition) is 3. The summed E-state index contributed by atoms with van der Waals surface area (Å²) < 4.78 is 4.91. The van der Waals surface area contributed by atoms with Crippen molar-refractivity contribution < 1.29 is 19.7 Å². The minimum Gasteiger partial charge on any atom is -0.464 e. The second-order valence-electron chi connectivity index (χ2n) is 3.36. The second kappa shape index (κ2) is 9.89. The Balaban J connectivity index is 3.17. The van der Waals surface area contributed by atoms with E-state index in [0.717, 1.165) is 19.3 Å². The molecule has 0 radical (unpaired) electrons. The van der Waals surface area contributed by atoms with Crippen LogP contribution in [-0.2, 0) is 9.53 Å². The van der Waals surface area contributed by atoms with E-state index in [1.54, 1.807) is 0 Å². The van der Waals surface area contributed by atoms with Crippen molar-refractivity contribution in [3.63, 3.8) is 0 Å². The maximum absolute atomic E-state index is 11.1. The zero-order valence-corrected chi connectivity index (χ0v) is 9.24. The van der Waals surface area contributed by atoms with E-state index in [1.807, 2.05) is 0 Å². The molecule has 15 heavy (non-hydrogen) atoms. The van der Waals surface area contributed by atoms with Crippen LogP contribution in [0.2, 0.25) is 0 Å². The number of esters is 1. The summed E-state index contributed by atoms with van der Waals surface area (Å²) in [5.74, 6) is -0.185. The molecule has 5 heteroatoms. The minimum atomic E-state index is -1.36. The van der Waals surface area contributed by atoms with Gasteiger partial charge in [-0.15, -0.1) is 0 Å². The van der Waals surface area contributed by atoms with Gasteiger partial charge in [-0.2, -0.15) is 0 Å². The van der Waals surface area contributed by atoms with Crippen LogP contribution in [0, 0.1) is 0 Å². The number of aliphatic hydroxyl groups excluding tert-OH is 1. The molecule has 3 N–H and O–H groups in total. The Morgan fingerprint density at radius 2 is 2.13 bits per heavy atom. The number of carbonyl (C=O) groups is 1. The highest BCUT2D eigenvalue weighted by Crippen LogP contribution is 1.99. The summed E-state index contributed by atoms with van der Waals surface area (Å²) in [4.78, 5) is 11.1. The Labute approximate surface area is 90.4 Å². The van der Waals surface area contributed by atoms with Crippen molar-refractivity contribution in [1.29, 1.82) is 0 Å². The van der Waals surface area contributed by atoms with Crippen molar-refractivity contribution in [2.75, 3.05) is 19.7 Å². The summed E-state index contributed by atoms with van der Waals surface area (Å²) >= 11 is 0. The quantitative estimate of drug-likeness (QED) is 0.289. The first kappa shape index (κ1) is 14.3. The van der Waals surface area contributed by atoms with Crippen molar-refractivity contribution in [1.82, 2.24) is 5.32 Å². The summed E-state index contributed by atoms with van der Waals surface area (Å²) in [6.45, 7) is 2.89. The number of nitrogens with one attached hydrogen (secondary N) is 1. The fourth-order valence-electron chi connectivity index (χ4n) is 1.06. The molecule has 90 valence electrons. The Bertz CT molecular complexity index is 162. The first-order valence-electron chi connectivity index (χ1n) is 5.39. The van der Waals surface area contributed by atoms with E-state index in [0.29, 0.717) is 13.0 Å². The van der Waals surface area contributed by atoms with Crippen LogP contribution in [0.15, 0.2) is 0 Å². The molecular weight excluding hydrogens is 198 g/mol. The first-order valence-corrected chi connectivity index (χ1v) is 5.39. The van der Waals surface area contributed by atoms with E-state index in [9.17, 15) is 4.79 Å². The lowest BCUT2D eigenvalue weighted by molar-refractivity contribution is -0.143. The summed E-state index contributed by atoms with van der Waals surface area (Å²) in [7, 11) is 0. The third kappa shape index (κ3) is 11.3. The van der Waals surface area contributed by atoms with Crippen molar-refractivity contribution in [2.45, 2.75) is 38.9 Å². The lowest BCUT2D eigenvalue weighted by Crippen LogP contribution is -2.29. The lowest BCUT2D eigenvalue weighted by atomic mass is 10.2. The summed E-state index contributed by atoms with van der Waals surface area (Å²) in [5.41, 5.74) is 0. The normalized spacial score (nSPS) is 10.7. The predicted molar refractivity (Wildman–Crippen MR) is 56.2 cm³/mol. The molecule has 0 aromatic carbocycles. The Hall–Kier alpha value is -0.650. The van der Waals surface area contributed by atoms with Gasteiger partial charge in [0.1, 0.15) is 6.61 Å². The van der Waals surface area contributed by atoms with Crippen molar-refractivity contribution >= 4 is 5.97 Å². The number of unbranched alkanes of at least 4 members (excludes halogenated alkanes) is 2.